The highest BCUT2D eigenvalue weighted by Gasteiger charge is 1.80. The topological polar surface area (TPSA) is 34.0 Å². The molecule has 0 aromatic carbocycles. The van der Waals surface area contributed by atoms with Crippen LogP contribution in [-0.2, 0) is 4.84 Å². The van der Waals surface area contributed by atoms with Gasteiger partial charge in [-0.15, -0.1) is 0 Å². The first-order valence-corrected chi connectivity index (χ1v) is 2.89. The van der Waals surface area contributed by atoms with Crippen LogP contribution in [-0.4, -0.2) is 7.05 Å². The number of allylic oxidation sites excluding steroid dienone is 1. The van der Waals surface area contributed by atoms with Crippen LogP contribution in [0.15, 0.2) is 22.7 Å². The molecule has 3 heteroatoms. The van der Waals surface area contributed by atoms with Crippen molar-refractivity contribution in [2.75, 3.05) is 7.05 Å². The van der Waals surface area contributed by atoms with Gasteiger partial charge in [-0.3, -0.25) is 0 Å². The molecule has 0 radical (unpaired) electrons. The molecule has 0 fully saturated rings. The average Bonchev–Trinajstić information content (AvgIpc) is 1.80. The van der Waals surface area contributed by atoms with E-state index >= 15 is 0 Å². The van der Waals surface area contributed by atoms with Crippen LogP contribution in [0.4, 0.5) is 0 Å². The first kappa shape index (κ1) is 8.14. The molecule has 0 unspecified atom stereocenters. The van der Waals surface area contributed by atoms with Crippen LogP contribution < -0.4 is 0 Å². The highest BCUT2D eigenvalue weighted by Crippen LogP contribution is 1.93. The molecule has 0 amide bonds. The summed E-state index contributed by atoms with van der Waals surface area (Å²) in [6.45, 7) is 4.12. The second-order valence-corrected chi connectivity index (χ2v) is 1.96. The van der Waals surface area contributed by atoms with E-state index in [1.807, 2.05) is 6.08 Å². The zero-order valence-electron chi connectivity index (χ0n) is 6.03. The third-order valence-corrected chi connectivity index (χ3v) is 0.653. The lowest BCUT2D eigenvalue weighted by atomic mass is 10.2. The molecule has 0 bridgehead atoms. The average molecular weight is 128 g/mol. The molecule has 0 aromatic rings. The SMILES string of the molecule is CN=NOC=CC(C)C. The second-order valence-electron chi connectivity index (χ2n) is 1.96. The number of hydrogen-bond donors (Lipinski definition) is 0. The summed E-state index contributed by atoms with van der Waals surface area (Å²) in [6, 6.07) is 0. The van der Waals surface area contributed by atoms with Crippen molar-refractivity contribution in [2.24, 2.45) is 16.3 Å². The van der Waals surface area contributed by atoms with Crippen molar-refractivity contribution in [3.8, 4) is 0 Å². The van der Waals surface area contributed by atoms with Crippen molar-refractivity contribution < 1.29 is 4.84 Å². The van der Waals surface area contributed by atoms with Gasteiger partial charge in [-0.1, -0.05) is 13.8 Å². The van der Waals surface area contributed by atoms with Gasteiger partial charge in [0.25, 0.3) is 0 Å². The third kappa shape index (κ3) is 7.14. The minimum Gasteiger partial charge on any atom is -0.348 e. The molecule has 0 N–H and O–H groups in total. The van der Waals surface area contributed by atoms with Gasteiger partial charge in [0.15, 0.2) is 0 Å². The van der Waals surface area contributed by atoms with E-state index in [2.05, 4.69) is 29.1 Å². The standard InChI is InChI=1S/C6H12N2O/c1-6(2)4-5-9-8-7-3/h4-6H,1-3H3. The van der Waals surface area contributed by atoms with E-state index in [-0.39, 0.29) is 0 Å². The van der Waals surface area contributed by atoms with Crippen molar-refractivity contribution in [2.45, 2.75) is 13.8 Å². The molecule has 0 heterocycles. The number of rotatable bonds is 3. The van der Waals surface area contributed by atoms with Gasteiger partial charge >= 0.3 is 0 Å². The van der Waals surface area contributed by atoms with E-state index in [1.165, 1.54) is 6.26 Å². The summed E-state index contributed by atoms with van der Waals surface area (Å²) in [4.78, 5) is 4.57. The first-order valence-electron chi connectivity index (χ1n) is 2.89. The van der Waals surface area contributed by atoms with Gasteiger partial charge in [0.05, 0.1) is 7.05 Å². The Morgan fingerprint density at radius 3 is 2.56 bits per heavy atom. The molecule has 9 heavy (non-hydrogen) atoms. The Morgan fingerprint density at radius 2 is 2.11 bits per heavy atom. The smallest absolute Gasteiger partial charge is 0.120 e. The van der Waals surface area contributed by atoms with Crippen LogP contribution in [0, 0.1) is 5.92 Å². The number of nitrogens with zero attached hydrogens (tertiary/aromatic N) is 2. The third-order valence-electron chi connectivity index (χ3n) is 0.653. The molecule has 0 spiro atoms. The Bertz CT molecular complexity index is 108. The summed E-state index contributed by atoms with van der Waals surface area (Å²) in [5.41, 5.74) is 0. The van der Waals surface area contributed by atoms with Gasteiger partial charge in [-0.2, -0.15) is 5.11 Å². The molecule has 0 atom stereocenters. The van der Waals surface area contributed by atoms with Crippen LogP contribution in [0.5, 0.6) is 0 Å². The van der Waals surface area contributed by atoms with E-state index in [0.717, 1.165) is 0 Å². The van der Waals surface area contributed by atoms with Gasteiger partial charge in [-0.25, -0.2) is 0 Å². The Hall–Kier alpha value is -0.860. The summed E-state index contributed by atoms with van der Waals surface area (Å²) in [7, 11) is 1.56. The Balaban J connectivity index is 3.25. The predicted octanol–water partition coefficient (Wildman–Crippen LogP) is 2.17. The van der Waals surface area contributed by atoms with Crippen LogP contribution in [0.2, 0.25) is 0 Å². The molecule has 0 rings (SSSR count). The van der Waals surface area contributed by atoms with Crippen LogP contribution in [0.1, 0.15) is 13.8 Å². The zero-order chi connectivity index (χ0) is 7.11. The molecular weight excluding hydrogens is 116 g/mol. The summed E-state index contributed by atoms with van der Waals surface area (Å²) in [5, 5.41) is 6.67. The Morgan fingerprint density at radius 1 is 1.44 bits per heavy atom. The summed E-state index contributed by atoms with van der Waals surface area (Å²) in [5.74, 6) is 0.497. The molecular formula is C6H12N2O. The monoisotopic (exact) mass is 128 g/mol. The van der Waals surface area contributed by atoms with Crippen molar-refractivity contribution >= 4 is 0 Å². The summed E-state index contributed by atoms with van der Waals surface area (Å²) < 4.78 is 0. The van der Waals surface area contributed by atoms with E-state index in [0.29, 0.717) is 5.92 Å². The number of hydrogen-bond acceptors (Lipinski definition) is 3. The Kier molecular flexibility index (Phi) is 4.78. The van der Waals surface area contributed by atoms with Crippen molar-refractivity contribution in [1.29, 1.82) is 0 Å². The van der Waals surface area contributed by atoms with Gasteiger partial charge in [-0.05, 0) is 12.0 Å². The normalized spacial score (nSPS) is 12.0. The zero-order valence-corrected chi connectivity index (χ0v) is 6.03. The van der Waals surface area contributed by atoms with E-state index in [9.17, 15) is 0 Å². The second kappa shape index (κ2) is 5.28. The predicted molar refractivity (Wildman–Crippen MR) is 35.8 cm³/mol. The molecule has 3 nitrogen and oxygen atoms in total. The molecule has 0 saturated heterocycles. The fourth-order valence-electron chi connectivity index (χ4n) is 0.267. The quantitative estimate of drug-likeness (QED) is 0.326. The minimum atomic E-state index is 0.497. The lowest BCUT2D eigenvalue weighted by molar-refractivity contribution is 0.238. The lowest BCUT2D eigenvalue weighted by Crippen LogP contribution is -1.76. The molecule has 0 aromatic heterocycles. The van der Waals surface area contributed by atoms with Gasteiger partial charge in [0.2, 0.25) is 0 Å². The van der Waals surface area contributed by atoms with Gasteiger partial charge < -0.3 is 4.84 Å². The van der Waals surface area contributed by atoms with Crippen molar-refractivity contribution in [3.05, 3.63) is 12.3 Å². The van der Waals surface area contributed by atoms with Crippen LogP contribution in [0.3, 0.4) is 0 Å². The molecule has 52 valence electrons. The highest BCUT2D eigenvalue weighted by molar-refractivity contribution is 4.76. The largest absolute Gasteiger partial charge is 0.348 e. The van der Waals surface area contributed by atoms with E-state index < -0.39 is 0 Å². The van der Waals surface area contributed by atoms with Crippen molar-refractivity contribution in [1.82, 2.24) is 0 Å². The minimum absolute atomic E-state index is 0.497. The molecule has 0 saturated carbocycles. The van der Waals surface area contributed by atoms with Crippen LogP contribution >= 0.6 is 0 Å². The van der Waals surface area contributed by atoms with Gasteiger partial charge in [0, 0.05) is 5.28 Å². The molecule has 0 aliphatic rings. The van der Waals surface area contributed by atoms with E-state index in [4.69, 9.17) is 0 Å². The lowest BCUT2D eigenvalue weighted by Gasteiger charge is -1.89. The van der Waals surface area contributed by atoms with E-state index in [1.54, 1.807) is 7.05 Å². The van der Waals surface area contributed by atoms with Crippen molar-refractivity contribution in [3.63, 3.8) is 0 Å². The van der Waals surface area contributed by atoms with Gasteiger partial charge in [0.1, 0.15) is 6.26 Å². The maximum absolute atomic E-state index is 4.57. The summed E-state index contributed by atoms with van der Waals surface area (Å²) in [6.07, 6.45) is 3.42. The Labute approximate surface area is 55.4 Å². The highest BCUT2D eigenvalue weighted by atomic mass is 16.6. The molecule has 0 aliphatic heterocycles. The maximum Gasteiger partial charge on any atom is 0.120 e. The first-order chi connectivity index (χ1) is 4.27. The maximum atomic E-state index is 4.57. The van der Waals surface area contributed by atoms with Crippen LogP contribution in [0.25, 0.3) is 0 Å². The summed E-state index contributed by atoms with van der Waals surface area (Å²) >= 11 is 0. The fourth-order valence-corrected chi connectivity index (χ4v) is 0.267. The fraction of sp³-hybridized carbons (Fsp3) is 0.667. The molecule has 0 aliphatic carbocycles.